The molecule has 6 heteroatoms. The van der Waals surface area contributed by atoms with E-state index in [9.17, 15) is 0 Å². The smallest absolute Gasteiger partial charge is 0.0146 e. The number of hydrogen-bond donors (Lipinski definition) is 0. The van der Waals surface area contributed by atoms with E-state index in [-0.39, 0.29) is 0 Å². The number of benzene rings is 3. The molecule has 1 aliphatic rings. The fourth-order valence-corrected chi connectivity index (χ4v) is 6.89. The Kier molecular flexibility index (Phi) is 10.0. The molecule has 1 aliphatic heterocycles. The van der Waals surface area contributed by atoms with Crippen LogP contribution in [-0.4, -0.2) is 24.8 Å². The van der Waals surface area contributed by atoms with Crippen LogP contribution < -0.4 is 14.5 Å². The maximum Gasteiger partial charge on any atom is 0.0146 e. The predicted octanol–water partition coefficient (Wildman–Crippen LogP) is 8.06. The van der Waals surface area contributed by atoms with Gasteiger partial charge in [-0.15, -0.1) is 0 Å². The zero-order valence-corrected chi connectivity index (χ0v) is 25.8. The first-order valence-corrected chi connectivity index (χ1v) is 17.5. The number of ether oxygens (including phenoxy) is 1. The first kappa shape index (κ1) is 28.7. The molecular weight excluding hydrogens is 576 g/mol. The minimum Gasteiger partial charge on any atom is -0.502 e. The Bertz CT molecular complexity index is 1160. The van der Waals surface area contributed by atoms with E-state index in [2.05, 4.69) is 82.3 Å². The van der Waals surface area contributed by atoms with E-state index in [1.54, 1.807) is 7.11 Å². The average molecular weight is 614 g/mol. The normalized spacial score (nSPS) is 13.3. The molecule has 0 atom stereocenters. The van der Waals surface area contributed by atoms with E-state index in [4.69, 9.17) is 24.1 Å². The summed E-state index contributed by atoms with van der Waals surface area (Å²) in [5.41, 5.74) is 13.0. The summed E-state index contributed by atoms with van der Waals surface area (Å²) in [5.74, 6) is 0.825. The summed E-state index contributed by atoms with van der Waals surface area (Å²) in [7, 11) is 13.2. The van der Waals surface area contributed by atoms with E-state index < -0.39 is 13.5 Å². The van der Waals surface area contributed by atoms with Gasteiger partial charge in [0.15, 0.2) is 0 Å². The molecule has 0 saturated carbocycles. The summed E-state index contributed by atoms with van der Waals surface area (Å²) in [6.45, 7) is 19.6. The second kappa shape index (κ2) is 12.6. The van der Waals surface area contributed by atoms with Gasteiger partial charge in [-0.05, 0) is 63.8 Å². The topological polar surface area (TPSA) is 15.7 Å². The van der Waals surface area contributed by atoms with Crippen molar-refractivity contribution in [1.29, 1.82) is 0 Å². The molecule has 3 aromatic rings. The van der Waals surface area contributed by atoms with Crippen LogP contribution in [0.5, 0.6) is 5.75 Å². The molecule has 3 aromatic carbocycles. The zero-order chi connectivity index (χ0) is 26.6. The van der Waals surface area contributed by atoms with Crippen molar-refractivity contribution in [1.82, 2.24) is 0 Å². The van der Waals surface area contributed by atoms with Crippen LogP contribution in [-0.2, 0) is 13.5 Å². The largest absolute Gasteiger partial charge is 0.502 e. The van der Waals surface area contributed by atoms with Crippen molar-refractivity contribution in [2.24, 2.45) is 0 Å². The molecule has 196 valence electrons. The van der Waals surface area contributed by atoms with Gasteiger partial charge in [-0.25, -0.2) is 0 Å². The van der Waals surface area contributed by atoms with Crippen molar-refractivity contribution in [2.75, 3.05) is 30.0 Å². The fraction of sp³-hybridized carbons (Fsp3) is 0.333. The molecule has 0 N–H and O–H groups in total. The van der Waals surface area contributed by atoms with Gasteiger partial charge in [-0.1, -0.05) is 35.4 Å². The van der Waals surface area contributed by atoms with Gasteiger partial charge in [0.2, 0.25) is 0 Å². The number of anilines is 2. The van der Waals surface area contributed by atoms with Crippen molar-refractivity contribution >= 4 is 35.4 Å². The van der Waals surface area contributed by atoms with Gasteiger partial charge in [-0.2, -0.15) is 6.67 Å². The van der Waals surface area contributed by atoms with Crippen molar-refractivity contribution in [3.8, 4) is 5.75 Å². The van der Waals surface area contributed by atoms with Crippen LogP contribution in [0, 0.1) is 55.1 Å². The second-order valence-corrected chi connectivity index (χ2v) is 15.3. The molecule has 3 nitrogen and oxygen atoms in total. The summed E-state index contributed by atoms with van der Waals surface area (Å²) in [6, 6.07) is 15.1. The Morgan fingerprint density at radius 3 is 1.56 bits per heavy atom. The van der Waals surface area contributed by atoms with Gasteiger partial charge in [0, 0.05) is 24.5 Å². The fourth-order valence-electron chi connectivity index (χ4n) is 5.11. The van der Waals surface area contributed by atoms with Crippen LogP contribution in [0.3, 0.4) is 0 Å². The van der Waals surface area contributed by atoms with Crippen molar-refractivity contribution in [2.45, 2.75) is 48.5 Å². The Labute approximate surface area is 230 Å². The Morgan fingerprint density at radius 2 is 1.17 bits per heavy atom. The van der Waals surface area contributed by atoms with E-state index in [0.717, 1.165) is 24.4 Å². The van der Waals surface area contributed by atoms with Gasteiger partial charge in [0.05, 0.1) is 0 Å². The van der Waals surface area contributed by atoms with Gasteiger partial charge in [-0.3, -0.25) is 0 Å². The summed E-state index contributed by atoms with van der Waals surface area (Å²) in [5, 5.41) is 0. The minimum atomic E-state index is -1.76. The van der Waals surface area contributed by atoms with Crippen LogP contribution in [0.15, 0.2) is 42.5 Å². The monoisotopic (exact) mass is 613 g/mol. The number of methoxy groups -OCH3 is 1. The molecule has 0 aliphatic carbocycles. The van der Waals surface area contributed by atoms with E-state index in [0.29, 0.717) is 0 Å². The van der Waals surface area contributed by atoms with Gasteiger partial charge >= 0.3 is 91.4 Å². The van der Waals surface area contributed by atoms with E-state index in [1.165, 1.54) is 50.3 Å². The SMILES string of the molecule is COc1ccc(C)cc1[CH]=[Ru]([Cl])[Cl].Cc1cc(C)c(N2[CH-]N(c3c(C)cc(C)cc3C)CC2)c(C)c1. The first-order valence-electron chi connectivity index (χ1n) is 12.0. The third-order valence-electron chi connectivity index (χ3n) is 6.28. The number of rotatable bonds is 4. The molecule has 1 saturated heterocycles. The third-order valence-corrected chi connectivity index (χ3v) is 8.11. The quantitative estimate of drug-likeness (QED) is 0.219. The molecule has 1 fully saturated rings. The molecule has 0 unspecified atom stereocenters. The minimum absolute atomic E-state index is 0.825. The standard InChI is InChI=1S/C21H27N2.C9H10O.2ClH.Ru/c1-14-9-16(3)20(17(4)10-14)22-7-8-23(13-22)21-18(5)11-15(2)12-19(21)6;1-7-4-5-9(10-3)8(2)6-7;;;/h9-13H,7-8H2,1-6H3;2,4-6H,1,3H3;2*1H;/q-1;;;;+2/p-2. The number of aryl methyl sites for hydroxylation is 7. The molecule has 1 heterocycles. The average Bonchev–Trinajstić information content (AvgIpc) is 3.21. The molecule has 0 amide bonds. The number of halogens is 2. The molecule has 0 radical (unpaired) electrons. The number of hydrogen-bond acceptors (Lipinski definition) is 3. The molecule has 0 spiro atoms. The van der Waals surface area contributed by atoms with Crippen LogP contribution in [0.2, 0.25) is 0 Å². The maximum atomic E-state index is 5.79. The summed E-state index contributed by atoms with van der Waals surface area (Å²) in [6.07, 6.45) is 0. The van der Waals surface area contributed by atoms with E-state index in [1.807, 2.05) is 29.7 Å². The van der Waals surface area contributed by atoms with Gasteiger partial charge in [0.25, 0.3) is 0 Å². The van der Waals surface area contributed by atoms with Crippen molar-refractivity contribution in [3.05, 3.63) is 93.6 Å². The third kappa shape index (κ3) is 7.12. The molecule has 4 rings (SSSR count). The molecule has 0 bridgehead atoms. The summed E-state index contributed by atoms with van der Waals surface area (Å²) in [4.78, 5) is 4.81. The zero-order valence-electron chi connectivity index (χ0n) is 22.5. The Hall–Kier alpha value is -1.87. The molecule has 0 aromatic heterocycles. The van der Waals surface area contributed by atoms with Crippen LogP contribution in [0.25, 0.3) is 0 Å². The van der Waals surface area contributed by atoms with Crippen LogP contribution in [0.4, 0.5) is 11.4 Å². The van der Waals surface area contributed by atoms with Crippen molar-refractivity contribution in [3.63, 3.8) is 0 Å². The summed E-state index contributed by atoms with van der Waals surface area (Å²) >= 11 is -1.76. The second-order valence-electron chi connectivity index (χ2n) is 9.55. The van der Waals surface area contributed by atoms with Gasteiger partial charge in [0.1, 0.15) is 0 Å². The van der Waals surface area contributed by atoms with E-state index >= 15 is 0 Å². The Morgan fingerprint density at radius 1 is 0.722 bits per heavy atom. The van der Waals surface area contributed by atoms with Crippen LogP contribution in [0.1, 0.15) is 44.5 Å². The molecular formula is C30H37Cl2N2ORu-. The van der Waals surface area contributed by atoms with Crippen molar-refractivity contribution < 1.29 is 18.3 Å². The summed E-state index contributed by atoms with van der Waals surface area (Å²) < 4.78 is 7.06. The Balaban J connectivity index is 0.000000236. The van der Waals surface area contributed by atoms with Crippen LogP contribution >= 0.6 is 19.4 Å². The predicted molar refractivity (Wildman–Crippen MR) is 155 cm³/mol. The number of nitrogens with zero attached hydrogens (tertiary/aromatic N) is 2. The molecule has 36 heavy (non-hydrogen) atoms. The maximum absolute atomic E-state index is 5.79. The first-order chi connectivity index (χ1) is 17.0. The van der Waals surface area contributed by atoms with Gasteiger partial charge < -0.3 is 9.80 Å².